The van der Waals surface area contributed by atoms with Gasteiger partial charge in [0.05, 0.1) is 31.9 Å². The molecule has 0 saturated carbocycles. The van der Waals surface area contributed by atoms with Crippen LogP contribution in [0.4, 0.5) is 0 Å². The maximum absolute atomic E-state index is 12.4. The minimum Gasteiger partial charge on any atom is -0.497 e. The lowest BCUT2D eigenvalue weighted by Crippen LogP contribution is -2.32. The third-order valence-corrected chi connectivity index (χ3v) is 4.73. The number of fused-ring (bicyclic) bond motifs is 1. The number of benzene rings is 2. The average Bonchev–Trinajstić information content (AvgIpc) is 3.29. The van der Waals surface area contributed by atoms with Crippen LogP contribution in [0.5, 0.6) is 11.5 Å². The van der Waals surface area contributed by atoms with Crippen LogP contribution in [0.3, 0.4) is 0 Å². The van der Waals surface area contributed by atoms with Gasteiger partial charge in [-0.15, -0.1) is 10.2 Å². The minimum absolute atomic E-state index is 0.195. The lowest BCUT2D eigenvalue weighted by Gasteiger charge is -2.11. The van der Waals surface area contributed by atoms with Crippen LogP contribution in [0, 0.1) is 0 Å². The summed E-state index contributed by atoms with van der Waals surface area (Å²) in [5.41, 5.74) is 1.70. The lowest BCUT2D eigenvalue weighted by molar-refractivity contribution is 0.0655. The first kappa shape index (κ1) is 18.6. The van der Waals surface area contributed by atoms with Crippen molar-refractivity contribution in [1.29, 1.82) is 0 Å². The molecule has 9 nitrogen and oxygen atoms in total. The number of tetrazole rings is 1. The maximum atomic E-state index is 12.4. The third-order valence-electron chi connectivity index (χ3n) is 4.73. The maximum Gasteiger partial charge on any atom is 0.261 e. The van der Waals surface area contributed by atoms with Gasteiger partial charge in [-0.3, -0.25) is 14.5 Å². The highest BCUT2D eigenvalue weighted by Gasteiger charge is 2.34. The summed E-state index contributed by atoms with van der Waals surface area (Å²) in [6, 6.07) is 12.3. The highest BCUT2D eigenvalue weighted by molar-refractivity contribution is 6.21. The molecule has 1 aliphatic heterocycles. The molecule has 0 saturated heterocycles. The zero-order valence-electron chi connectivity index (χ0n) is 16.0. The van der Waals surface area contributed by atoms with Gasteiger partial charge in [-0.2, -0.15) is 4.80 Å². The second-order valence-electron chi connectivity index (χ2n) is 6.47. The SMILES string of the molecule is COc1ccc(OC)c(Cn2nnc(CCN3C(=O)c4ccccc4C3=O)n2)c1. The predicted octanol–water partition coefficient (Wildman–Crippen LogP) is 1.58. The summed E-state index contributed by atoms with van der Waals surface area (Å²) < 4.78 is 10.6. The summed E-state index contributed by atoms with van der Waals surface area (Å²) in [5, 5.41) is 12.4. The summed E-state index contributed by atoms with van der Waals surface area (Å²) >= 11 is 0. The van der Waals surface area contributed by atoms with Gasteiger partial charge in [-0.05, 0) is 35.5 Å². The van der Waals surface area contributed by atoms with E-state index in [-0.39, 0.29) is 18.4 Å². The summed E-state index contributed by atoms with van der Waals surface area (Å²) in [6.45, 7) is 0.543. The van der Waals surface area contributed by atoms with Crippen molar-refractivity contribution in [1.82, 2.24) is 25.1 Å². The molecule has 0 fully saturated rings. The molecule has 0 spiro atoms. The summed E-state index contributed by atoms with van der Waals surface area (Å²) in [5.74, 6) is 1.25. The molecule has 0 bridgehead atoms. The topological polar surface area (TPSA) is 99.4 Å². The van der Waals surface area contributed by atoms with Gasteiger partial charge >= 0.3 is 0 Å². The van der Waals surface area contributed by atoms with Crippen LogP contribution in [0.25, 0.3) is 0 Å². The Labute approximate surface area is 166 Å². The second-order valence-corrected chi connectivity index (χ2v) is 6.47. The number of imide groups is 1. The predicted molar refractivity (Wildman–Crippen MR) is 102 cm³/mol. The number of aromatic nitrogens is 4. The van der Waals surface area contributed by atoms with Crippen molar-refractivity contribution in [3.8, 4) is 11.5 Å². The van der Waals surface area contributed by atoms with Gasteiger partial charge in [0.15, 0.2) is 5.82 Å². The number of nitrogens with zero attached hydrogens (tertiary/aromatic N) is 5. The fraction of sp³-hybridized carbons (Fsp3) is 0.250. The molecule has 2 amide bonds. The number of amides is 2. The fourth-order valence-corrected chi connectivity index (χ4v) is 3.26. The molecule has 0 aliphatic carbocycles. The molecule has 0 N–H and O–H groups in total. The molecule has 9 heteroatoms. The quantitative estimate of drug-likeness (QED) is 0.562. The van der Waals surface area contributed by atoms with Crippen molar-refractivity contribution in [3.63, 3.8) is 0 Å². The molecular formula is C20H19N5O4. The van der Waals surface area contributed by atoms with Gasteiger partial charge in [0.1, 0.15) is 11.5 Å². The van der Waals surface area contributed by atoms with Crippen molar-refractivity contribution >= 4 is 11.8 Å². The van der Waals surface area contributed by atoms with Crippen LogP contribution < -0.4 is 9.47 Å². The van der Waals surface area contributed by atoms with E-state index in [4.69, 9.17) is 9.47 Å². The van der Waals surface area contributed by atoms with Gasteiger partial charge in [-0.25, -0.2) is 0 Å². The van der Waals surface area contributed by atoms with Crippen LogP contribution in [-0.2, 0) is 13.0 Å². The standard InChI is InChI=1S/C20H19N5O4/c1-28-14-7-8-17(29-2)13(11-14)12-25-22-18(21-23-25)9-10-24-19(26)15-5-3-4-6-16(15)20(24)27/h3-8,11H,9-10,12H2,1-2H3. The van der Waals surface area contributed by atoms with Crippen molar-refractivity contribution in [2.45, 2.75) is 13.0 Å². The van der Waals surface area contributed by atoms with Crippen LogP contribution in [0.2, 0.25) is 0 Å². The average molecular weight is 393 g/mol. The Hall–Kier alpha value is -3.75. The highest BCUT2D eigenvalue weighted by atomic mass is 16.5. The molecule has 1 aliphatic rings. The minimum atomic E-state index is -0.292. The molecule has 4 rings (SSSR count). The number of hydrogen-bond donors (Lipinski definition) is 0. The van der Waals surface area contributed by atoms with Crippen molar-refractivity contribution < 1.29 is 19.1 Å². The van der Waals surface area contributed by atoms with Crippen molar-refractivity contribution in [3.05, 3.63) is 65.0 Å². The zero-order chi connectivity index (χ0) is 20.4. The Morgan fingerprint density at radius 3 is 2.34 bits per heavy atom. The van der Waals surface area contributed by atoms with E-state index in [9.17, 15) is 9.59 Å². The Morgan fingerprint density at radius 2 is 1.69 bits per heavy atom. The molecule has 2 heterocycles. The van der Waals surface area contributed by atoms with Gasteiger partial charge in [0.25, 0.3) is 11.8 Å². The number of ether oxygens (including phenoxy) is 2. The highest BCUT2D eigenvalue weighted by Crippen LogP contribution is 2.25. The van der Waals surface area contributed by atoms with E-state index < -0.39 is 0 Å². The van der Waals surface area contributed by atoms with E-state index >= 15 is 0 Å². The van der Waals surface area contributed by atoms with Crippen LogP contribution in [0.15, 0.2) is 42.5 Å². The molecule has 148 valence electrons. The second kappa shape index (κ2) is 7.70. The lowest BCUT2D eigenvalue weighted by atomic mass is 10.1. The van der Waals surface area contributed by atoms with Crippen molar-refractivity contribution in [2.75, 3.05) is 20.8 Å². The third kappa shape index (κ3) is 3.54. The normalized spacial score (nSPS) is 13.0. The van der Waals surface area contributed by atoms with E-state index in [0.29, 0.717) is 41.4 Å². The number of carbonyl (C=O) groups excluding carboxylic acids is 2. The summed E-state index contributed by atoms with van der Waals surface area (Å²) in [7, 11) is 3.18. The first-order valence-corrected chi connectivity index (χ1v) is 9.03. The Balaban J connectivity index is 1.43. The molecule has 29 heavy (non-hydrogen) atoms. The molecule has 1 aromatic heterocycles. The van der Waals surface area contributed by atoms with E-state index in [2.05, 4.69) is 15.4 Å². The van der Waals surface area contributed by atoms with E-state index in [1.54, 1.807) is 38.5 Å². The number of hydrogen-bond acceptors (Lipinski definition) is 7. The van der Waals surface area contributed by atoms with Crippen LogP contribution >= 0.6 is 0 Å². The smallest absolute Gasteiger partial charge is 0.261 e. The largest absolute Gasteiger partial charge is 0.497 e. The molecule has 0 radical (unpaired) electrons. The molecule has 2 aromatic carbocycles. The Bertz CT molecular complexity index is 1040. The molecular weight excluding hydrogens is 374 g/mol. The molecule has 0 atom stereocenters. The van der Waals surface area contributed by atoms with Crippen LogP contribution in [0.1, 0.15) is 32.1 Å². The van der Waals surface area contributed by atoms with E-state index in [0.717, 1.165) is 5.56 Å². The van der Waals surface area contributed by atoms with Gasteiger partial charge in [-0.1, -0.05) is 12.1 Å². The summed E-state index contributed by atoms with van der Waals surface area (Å²) in [4.78, 5) is 27.5. The number of methoxy groups -OCH3 is 2. The van der Waals surface area contributed by atoms with Gasteiger partial charge in [0, 0.05) is 18.5 Å². The monoisotopic (exact) mass is 393 g/mol. The number of rotatable bonds is 7. The fourth-order valence-electron chi connectivity index (χ4n) is 3.26. The zero-order valence-corrected chi connectivity index (χ0v) is 16.0. The Morgan fingerprint density at radius 1 is 0.966 bits per heavy atom. The summed E-state index contributed by atoms with van der Waals surface area (Å²) in [6.07, 6.45) is 0.320. The van der Waals surface area contributed by atoms with Crippen molar-refractivity contribution in [2.24, 2.45) is 0 Å². The molecule has 0 unspecified atom stereocenters. The van der Waals surface area contributed by atoms with Gasteiger partial charge in [0.2, 0.25) is 0 Å². The number of carbonyl (C=O) groups is 2. The van der Waals surface area contributed by atoms with Crippen LogP contribution in [-0.4, -0.2) is 57.7 Å². The Kier molecular flexibility index (Phi) is 4.94. The van der Waals surface area contributed by atoms with E-state index in [1.165, 1.54) is 9.70 Å². The molecule has 3 aromatic rings. The van der Waals surface area contributed by atoms with Gasteiger partial charge < -0.3 is 9.47 Å². The first-order valence-electron chi connectivity index (χ1n) is 9.03. The van der Waals surface area contributed by atoms with E-state index in [1.807, 2.05) is 18.2 Å². The first-order chi connectivity index (χ1) is 14.1.